The van der Waals surface area contributed by atoms with E-state index >= 15 is 0 Å². The maximum absolute atomic E-state index is 13.1. The molecule has 0 N–H and O–H groups in total. The average molecular weight is 205 g/mol. The van der Waals surface area contributed by atoms with Crippen LogP contribution >= 0.6 is 0 Å². The summed E-state index contributed by atoms with van der Waals surface area (Å²) in [6.45, 7) is 0.478. The lowest BCUT2D eigenvalue weighted by Crippen LogP contribution is -2.20. The van der Waals surface area contributed by atoms with Gasteiger partial charge in [0.25, 0.3) is 0 Å². The maximum Gasteiger partial charge on any atom is 0.105 e. The summed E-state index contributed by atoms with van der Waals surface area (Å²) in [6, 6.07) is 9.19. The van der Waals surface area contributed by atoms with Crippen molar-refractivity contribution in [1.82, 2.24) is 0 Å². The van der Waals surface area contributed by atoms with Crippen LogP contribution in [0.25, 0.3) is 0 Å². The van der Waals surface area contributed by atoms with E-state index in [9.17, 15) is 4.39 Å². The van der Waals surface area contributed by atoms with E-state index < -0.39 is 6.17 Å². The molecule has 2 nitrogen and oxygen atoms in total. The summed E-state index contributed by atoms with van der Waals surface area (Å²) in [7, 11) is 0. The van der Waals surface area contributed by atoms with Crippen LogP contribution in [0.15, 0.2) is 24.3 Å². The van der Waals surface area contributed by atoms with Gasteiger partial charge >= 0.3 is 0 Å². The second-order valence-corrected chi connectivity index (χ2v) is 3.71. The highest BCUT2D eigenvalue weighted by Crippen LogP contribution is 2.29. The Kier molecular flexibility index (Phi) is 2.98. The van der Waals surface area contributed by atoms with Gasteiger partial charge in [-0.2, -0.15) is 5.26 Å². The molecule has 78 valence electrons. The number of hydrogen-bond acceptors (Lipinski definition) is 2. The average Bonchev–Trinajstić information content (AvgIpc) is 2.29. The predicted octanol–water partition coefficient (Wildman–Crippen LogP) is 2.75. The fourth-order valence-electron chi connectivity index (χ4n) is 1.76. The third kappa shape index (κ3) is 2.34. The van der Waals surface area contributed by atoms with Gasteiger partial charge in [0.2, 0.25) is 0 Å². The first kappa shape index (κ1) is 10.1. The van der Waals surface area contributed by atoms with Crippen molar-refractivity contribution in [3.63, 3.8) is 0 Å². The lowest BCUT2D eigenvalue weighted by atomic mass is 9.99. The Hall–Kier alpha value is -1.40. The topological polar surface area (TPSA) is 33.0 Å². The summed E-state index contributed by atoms with van der Waals surface area (Å²) in [6.07, 6.45) is -0.000490. The van der Waals surface area contributed by atoms with Crippen molar-refractivity contribution in [1.29, 1.82) is 5.26 Å². The molecule has 0 spiro atoms. The van der Waals surface area contributed by atoms with Gasteiger partial charge in [0.15, 0.2) is 0 Å². The minimum absolute atomic E-state index is 0.151. The Morgan fingerprint density at radius 3 is 2.67 bits per heavy atom. The number of hydrogen-bond donors (Lipinski definition) is 0. The monoisotopic (exact) mass is 205 g/mol. The molecule has 0 aliphatic carbocycles. The van der Waals surface area contributed by atoms with Crippen LogP contribution in [0.5, 0.6) is 0 Å². The summed E-state index contributed by atoms with van der Waals surface area (Å²) in [4.78, 5) is 0. The van der Waals surface area contributed by atoms with Crippen LogP contribution in [0, 0.1) is 11.3 Å². The molecule has 0 amide bonds. The SMILES string of the molecule is N#Cc1ccc(C2CC(F)CCO2)cc1. The van der Waals surface area contributed by atoms with Gasteiger partial charge < -0.3 is 4.74 Å². The maximum atomic E-state index is 13.1. The van der Waals surface area contributed by atoms with E-state index in [2.05, 4.69) is 6.07 Å². The highest BCUT2D eigenvalue weighted by Gasteiger charge is 2.23. The van der Waals surface area contributed by atoms with Crippen LogP contribution in [0.2, 0.25) is 0 Å². The van der Waals surface area contributed by atoms with Crippen molar-refractivity contribution >= 4 is 0 Å². The van der Waals surface area contributed by atoms with Crippen LogP contribution in [-0.4, -0.2) is 12.8 Å². The number of benzene rings is 1. The summed E-state index contributed by atoms with van der Waals surface area (Å²) in [5.41, 5.74) is 1.57. The van der Waals surface area contributed by atoms with Crippen molar-refractivity contribution in [2.75, 3.05) is 6.61 Å². The van der Waals surface area contributed by atoms with Crippen LogP contribution in [-0.2, 0) is 4.74 Å². The molecule has 1 aliphatic heterocycles. The zero-order chi connectivity index (χ0) is 10.7. The van der Waals surface area contributed by atoms with Crippen LogP contribution in [0.4, 0.5) is 4.39 Å². The quantitative estimate of drug-likeness (QED) is 0.706. The molecule has 0 radical (unpaired) electrons. The molecule has 1 aromatic carbocycles. The molecule has 2 atom stereocenters. The smallest absolute Gasteiger partial charge is 0.105 e. The van der Waals surface area contributed by atoms with Gasteiger partial charge in [-0.3, -0.25) is 0 Å². The Morgan fingerprint density at radius 2 is 2.07 bits per heavy atom. The van der Waals surface area contributed by atoms with E-state index in [1.165, 1.54) is 0 Å². The third-order valence-electron chi connectivity index (χ3n) is 2.63. The molecule has 1 aromatic rings. The van der Waals surface area contributed by atoms with Crippen LogP contribution in [0.3, 0.4) is 0 Å². The highest BCUT2D eigenvalue weighted by molar-refractivity contribution is 5.32. The Labute approximate surface area is 88.3 Å². The fraction of sp³-hybridized carbons (Fsp3) is 0.417. The Balaban J connectivity index is 2.12. The first-order chi connectivity index (χ1) is 7.29. The number of halogens is 1. The lowest BCUT2D eigenvalue weighted by Gasteiger charge is -2.25. The molecule has 0 bridgehead atoms. The third-order valence-corrected chi connectivity index (χ3v) is 2.63. The molecule has 15 heavy (non-hydrogen) atoms. The number of rotatable bonds is 1. The molecular formula is C12H12FNO. The van der Waals surface area contributed by atoms with Gasteiger partial charge in [0.05, 0.1) is 24.3 Å². The van der Waals surface area contributed by atoms with Gasteiger partial charge in [0.1, 0.15) is 6.17 Å². The van der Waals surface area contributed by atoms with Crippen molar-refractivity contribution in [3.05, 3.63) is 35.4 Å². The van der Waals surface area contributed by atoms with Crippen molar-refractivity contribution in [2.24, 2.45) is 0 Å². The first-order valence-electron chi connectivity index (χ1n) is 5.05. The zero-order valence-corrected chi connectivity index (χ0v) is 8.32. The molecule has 3 heteroatoms. The molecule has 1 aliphatic rings. The molecular weight excluding hydrogens is 193 g/mol. The number of alkyl halides is 1. The number of nitriles is 1. The van der Waals surface area contributed by atoms with E-state index in [1.807, 2.05) is 12.1 Å². The molecule has 0 aromatic heterocycles. The molecule has 1 fully saturated rings. The van der Waals surface area contributed by atoms with E-state index in [0.717, 1.165) is 5.56 Å². The molecule has 1 saturated heterocycles. The first-order valence-corrected chi connectivity index (χ1v) is 5.05. The number of nitrogens with zero attached hydrogens (tertiary/aromatic N) is 1. The summed E-state index contributed by atoms with van der Waals surface area (Å²) in [5, 5.41) is 8.64. The molecule has 2 rings (SSSR count). The zero-order valence-electron chi connectivity index (χ0n) is 8.32. The predicted molar refractivity (Wildman–Crippen MR) is 54.0 cm³/mol. The van der Waals surface area contributed by atoms with Crippen molar-refractivity contribution in [2.45, 2.75) is 25.1 Å². The summed E-state index contributed by atoms with van der Waals surface area (Å²) in [5.74, 6) is 0. The molecule has 1 heterocycles. The van der Waals surface area contributed by atoms with Crippen molar-refractivity contribution in [3.8, 4) is 6.07 Å². The largest absolute Gasteiger partial charge is 0.373 e. The van der Waals surface area contributed by atoms with Crippen LogP contribution < -0.4 is 0 Å². The normalized spacial score (nSPS) is 25.9. The summed E-state index contributed by atoms with van der Waals surface area (Å²) < 4.78 is 18.6. The lowest BCUT2D eigenvalue weighted by molar-refractivity contribution is -0.0193. The highest BCUT2D eigenvalue weighted by atomic mass is 19.1. The number of ether oxygens (including phenoxy) is 1. The van der Waals surface area contributed by atoms with Gasteiger partial charge in [-0.05, 0) is 17.7 Å². The standard InChI is InChI=1S/C12H12FNO/c13-11-5-6-15-12(7-11)10-3-1-9(8-14)2-4-10/h1-4,11-12H,5-7H2. The van der Waals surface area contributed by atoms with E-state index in [-0.39, 0.29) is 6.10 Å². The van der Waals surface area contributed by atoms with E-state index in [0.29, 0.717) is 25.0 Å². The molecule has 2 unspecified atom stereocenters. The van der Waals surface area contributed by atoms with Crippen molar-refractivity contribution < 1.29 is 9.13 Å². The Bertz CT molecular complexity index is 368. The minimum atomic E-state index is -0.764. The molecule has 0 saturated carbocycles. The van der Waals surface area contributed by atoms with Gasteiger partial charge in [-0.25, -0.2) is 4.39 Å². The van der Waals surface area contributed by atoms with Crippen LogP contribution in [0.1, 0.15) is 30.1 Å². The van der Waals surface area contributed by atoms with Gasteiger partial charge in [-0.1, -0.05) is 12.1 Å². The van der Waals surface area contributed by atoms with Gasteiger partial charge in [0, 0.05) is 12.8 Å². The van der Waals surface area contributed by atoms with E-state index in [4.69, 9.17) is 10.00 Å². The second-order valence-electron chi connectivity index (χ2n) is 3.71. The Morgan fingerprint density at radius 1 is 1.33 bits per heavy atom. The summed E-state index contributed by atoms with van der Waals surface area (Å²) >= 11 is 0. The second kappa shape index (κ2) is 4.41. The van der Waals surface area contributed by atoms with Gasteiger partial charge in [-0.15, -0.1) is 0 Å². The fourth-order valence-corrected chi connectivity index (χ4v) is 1.76. The minimum Gasteiger partial charge on any atom is -0.373 e. The van der Waals surface area contributed by atoms with E-state index in [1.54, 1.807) is 12.1 Å².